The molecule has 0 fully saturated rings. The maximum absolute atomic E-state index is 6.11. The maximum Gasteiger partial charge on any atom is 0.0546 e. The van der Waals surface area contributed by atoms with E-state index in [9.17, 15) is 0 Å². The Morgan fingerprint density at radius 1 is 0.381 bits per heavy atom. The summed E-state index contributed by atoms with van der Waals surface area (Å²) in [7, 11) is 0. The quantitative estimate of drug-likeness (QED) is 0.211. The Kier molecular flexibility index (Phi) is 7.37. The Morgan fingerprint density at radius 2 is 0.762 bits per heavy atom. The molecule has 0 saturated heterocycles. The zero-order valence-corrected chi connectivity index (χ0v) is 24.7. The molecule has 0 amide bonds. The van der Waals surface area contributed by atoms with E-state index in [4.69, 9.17) is 5.73 Å². The average molecular weight is 545 g/mol. The van der Waals surface area contributed by atoms with Crippen molar-refractivity contribution in [3.05, 3.63) is 156 Å². The Morgan fingerprint density at radius 3 is 1.21 bits per heavy atom. The minimum Gasteiger partial charge on any atom is -0.399 e. The number of nitrogens with zero attached hydrogens (tertiary/aromatic N) is 1. The summed E-state index contributed by atoms with van der Waals surface area (Å²) >= 11 is 0. The van der Waals surface area contributed by atoms with Crippen LogP contribution in [0.1, 0.15) is 22.3 Å². The molecule has 6 rings (SSSR count). The number of benzene rings is 6. The summed E-state index contributed by atoms with van der Waals surface area (Å²) in [6.07, 6.45) is 0. The number of anilines is 4. The van der Waals surface area contributed by atoms with Crippen molar-refractivity contribution >= 4 is 22.7 Å². The van der Waals surface area contributed by atoms with Crippen molar-refractivity contribution in [3.63, 3.8) is 0 Å². The second kappa shape index (κ2) is 11.4. The van der Waals surface area contributed by atoms with Gasteiger partial charge < -0.3 is 10.6 Å². The van der Waals surface area contributed by atoms with Gasteiger partial charge in [0.15, 0.2) is 0 Å². The number of rotatable bonds is 6. The molecule has 0 radical (unpaired) electrons. The van der Waals surface area contributed by atoms with Gasteiger partial charge in [-0.15, -0.1) is 0 Å². The molecule has 0 saturated carbocycles. The fourth-order valence-electron chi connectivity index (χ4n) is 5.53. The first-order valence-electron chi connectivity index (χ1n) is 14.5. The Bertz CT molecular complexity index is 1770. The van der Waals surface area contributed by atoms with Crippen LogP contribution in [0.2, 0.25) is 0 Å². The lowest BCUT2D eigenvalue weighted by atomic mass is 9.85. The van der Waals surface area contributed by atoms with Gasteiger partial charge in [-0.25, -0.2) is 0 Å². The second-order valence-electron chi connectivity index (χ2n) is 11.2. The lowest BCUT2D eigenvalue weighted by Gasteiger charge is -2.30. The molecule has 0 spiro atoms. The monoisotopic (exact) mass is 544 g/mol. The zero-order chi connectivity index (χ0) is 29.2. The molecule has 2 nitrogen and oxygen atoms in total. The highest BCUT2D eigenvalue weighted by Crippen LogP contribution is 2.49. The molecule has 2 heteroatoms. The lowest BCUT2D eigenvalue weighted by Crippen LogP contribution is -2.12. The number of nitrogen functional groups attached to an aromatic ring is 1. The van der Waals surface area contributed by atoms with Crippen molar-refractivity contribution in [1.82, 2.24) is 0 Å². The van der Waals surface area contributed by atoms with E-state index < -0.39 is 0 Å². The van der Waals surface area contributed by atoms with E-state index in [1.165, 1.54) is 50.1 Å². The SMILES string of the molecule is Cc1ccc(-c2c(-c3ccc(N)cc3)ccc(N(c3ccc(C)cc3)c3ccc(C)cc3)c2-c2ccc(C)cc2)cc1. The fraction of sp³-hybridized carbons (Fsp3) is 0.100. The summed E-state index contributed by atoms with van der Waals surface area (Å²) in [5, 5.41) is 0. The van der Waals surface area contributed by atoms with Gasteiger partial charge in [0.05, 0.1) is 5.69 Å². The molecule has 2 N–H and O–H groups in total. The predicted octanol–water partition coefficient (Wildman–Crippen LogP) is 11.0. The van der Waals surface area contributed by atoms with Gasteiger partial charge in [0, 0.05) is 22.6 Å². The minimum atomic E-state index is 0.760. The first-order chi connectivity index (χ1) is 20.4. The molecule has 6 aromatic rings. The van der Waals surface area contributed by atoms with Crippen LogP contribution in [0.4, 0.5) is 22.7 Å². The maximum atomic E-state index is 6.11. The average Bonchev–Trinajstić information content (AvgIpc) is 3.00. The van der Waals surface area contributed by atoms with E-state index in [1.807, 2.05) is 12.1 Å². The van der Waals surface area contributed by atoms with E-state index in [-0.39, 0.29) is 0 Å². The summed E-state index contributed by atoms with van der Waals surface area (Å²) in [6.45, 7) is 8.54. The summed E-state index contributed by atoms with van der Waals surface area (Å²) in [5.41, 5.74) is 22.2. The first kappa shape index (κ1) is 27.1. The van der Waals surface area contributed by atoms with E-state index >= 15 is 0 Å². The Labute approximate surface area is 249 Å². The van der Waals surface area contributed by atoms with Crippen molar-refractivity contribution in [2.45, 2.75) is 27.7 Å². The third kappa shape index (κ3) is 5.44. The molecule has 0 bridgehead atoms. The summed E-state index contributed by atoms with van der Waals surface area (Å²) in [4.78, 5) is 2.39. The highest BCUT2D eigenvalue weighted by atomic mass is 15.1. The summed E-state index contributed by atoms with van der Waals surface area (Å²) in [6, 6.07) is 48.2. The van der Waals surface area contributed by atoms with Gasteiger partial charge in [0.2, 0.25) is 0 Å². The van der Waals surface area contributed by atoms with Crippen LogP contribution in [-0.2, 0) is 0 Å². The molecule has 0 heterocycles. The van der Waals surface area contributed by atoms with Gasteiger partial charge in [0.25, 0.3) is 0 Å². The van der Waals surface area contributed by atoms with E-state index in [0.29, 0.717) is 0 Å². The Balaban J connectivity index is 1.73. The van der Waals surface area contributed by atoms with Crippen LogP contribution in [0.5, 0.6) is 0 Å². The van der Waals surface area contributed by atoms with Crippen LogP contribution in [0, 0.1) is 27.7 Å². The van der Waals surface area contributed by atoms with Crippen molar-refractivity contribution in [2.24, 2.45) is 0 Å². The molecular formula is C40H36N2. The van der Waals surface area contributed by atoms with Crippen molar-refractivity contribution < 1.29 is 0 Å². The molecule has 42 heavy (non-hydrogen) atoms. The summed E-state index contributed by atoms with van der Waals surface area (Å²) in [5.74, 6) is 0. The Hall–Kier alpha value is -5.08. The van der Waals surface area contributed by atoms with Crippen LogP contribution in [-0.4, -0.2) is 0 Å². The molecule has 0 unspecified atom stereocenters. The van der Waals surface area contributed by atoms with Gasteiger partial charge in [-0.3, -0.25) is 0 Å². The number of aryl methyl sites for hydroxylation is 4. The zero-order valence-electron chi connectivity index (χ0n) is 24.7. The van der Waals surface area contributed by atoms with Crippen molar-refractivity contribution in [3.8, 4) is 33.4 Å². The van der Waals surface area contributed by atoms with Crippen LogP contribution in [0.15, 0.2) is 133 Å². The second-order valence-corrected chi connectivity index (χ2v) is 11.2. The molecule has 206 valence electrons. The molecule has 0 atom stereocenters. The standard InChI is InChI=1S/C40H36N2/c1-27-5-13-32(14-6-27)39-37(31-17-19-34(41)20-18-31)25-26-38(40(39)33-15-7-28(2)8-16-33)42(35-21-9-29(3)10-22-35)36-23-11-30(4)12-24-36/h5-26H,41H2,1-4H3. The highest BCUT2D eigenvalue weighted by Gasteiger charge is 2.23. The largest absolute Gasteiger partial charge is 0.399 e. The van der Waals surface area contributed by atoms with Crippen LogP contribution < -0.4 is 10.6 Å². The molecule has 0 aliphatic heterocycles. The lowest BCUT2D eigenvalue weighted by molar-refractivity contribution is 1.27. The fourth-order valence-corrected chi connectivity index (χ4v) is 5.53. The molecule has 6 aromatic carbocycles. The molecule has 0 aliphatic carbocycles. The number of hydrogen-bond donors (Lipinski definition) is 1. The first-order valence-corrected chi connectivity index (χ1v) is 14.5. The van der Waals surface area contributed by atoms with Crippen molar-refractivity contribution in [2.75, 3.05) is 10.6 Å². The summed E-state index contributed by atoms with van der Waals surface area (Å²) < 4.78 is 0. The molecular weight excluding hydrogens is 508 g/mol. The smallest absolute Gasteiger partial charge is 0.0546 e. The molecule has 0 aromatic heterocycles. The highest BCUT2D eigenvalue weighted by molar-refractivity contribution is 6.03. The minimum absolute atomic E-state index is 0.760. The predicted molar refractivity (Wildman–Crippen MR) is 181 cm³/mol. The topological polar surface area (TPSA) is 29.3 Å². The molecule has 0 aliphatic rings. The number of hydrogen-bond acceptors (Lipinski definition) is 2. The van der Waals surface area contributed by atoms with E-state index in [1.54, 1.807) is 0 Å². The van der Waals surface area contributed by atoms with Gasteiger partial charge in [0.1, 0.15) is 0 Å². The van der Waals surface area contributed by atoms with Crippen LogP contribution in [0.25, 0.3) is 33.4 Å². The van der Waals surface area contributed by atoms with E-state index in [0.717, 1.165) is 28.3 Å². The third-order valence-electron chi connectivity index (χ3n) is 7.91. The van der Waals surface area contributed by atoms with Gasteiger partial charge in [-0.05, 0) is 98.0 Å². The van der Waals surface area contributed by atoms with Crippen molar-refractivity contribution in [1.29, 1.82) is 0 Å². The normalized spacial score (nSPS) is 11.0. The van der Waals surface area contributed by atoms with Crippen LogP contribution in [0.3, 0.4) is 0 Å². The van der Waals surface area contributed by atoms with E-state index in [2.05, 4.69) is 154 Å². The van der Waals surface area contributed by atoms with Gasteiger partial charge >= 0.3 is 0 Å². The van der Waals surface area contributed by atoms with Gasteiger partial charge in [-0.2, -0.15) is 0 Å². The third-order valence-corrected chi connectivity index (χ3v) is 7.91. The van der Waals surface area contributed by atoms with Gasteiger partial charge in [-0.1, -0.05) is 113 Å². The van der Waals surface area contributed by atoms with Crippen LogP contribution >= 0.6 is 0 Å². The number of nitrogens with two attached hydrogens (primary N) is 1.